The summed E-state index contributed by atoms with van der Waals surface area (Å²) in [7, 11) is 0. The Morgan fingerprint density at radius 3 is 3.06 bits per heavy atom. The molecule has 0 unspecified atom stereocenters. The highest BCUT2D eigenvalue weighted by molar-refractivity contribution is 5.94. The minimum Gasteiger partial charge on any atom is -0.348 e. The molecule has 86 valence electrons. The molecule has 4 nitrogen and oxygen atoms in total. The first-order chi connectivity index (χ1) is 7.75. The molecular formula is C12H17N3O. The van der Waals surface area contributed by atoms with Crippen molar-refractivity contribution in [1.82, 2.24) is 15.6 Å². The van der Waals surface area contributed by atoms with Crippen LogP contribution in [0.25, 0.3) is 0 Å². The zero-order valence-corrected chi connectivity index (χ0v) is 9.49. The van der Waals surface area contributed by atoms with Crippen LogP contribution in [-0.2, 0) is 0 Å². The Balaban J connectivity index is 1.94. The molecule has 1 saturated heterocycles. The van der Waals surface area contributed by atoms with Gasteiger partial charge in [0.2, 0.25) is 0 Å². The van der Waals surface area contributed by atoms with E-state index in [0.29, 0.717) is 5.56 Å². The van der Waals surface area contributed by atoms with E-state index in [1.54, 1.807) is 6.20 Å². The summed E-state index contributed by atoms with van der Waals surface area (Å²) in [5.74, 6) is -0.0267. The molecule has 1 aromatic rings. The van der Waals surface area contributed by atoms with Crippen molar-refractivity contribution in [3.8, 4) is 0 Å². The first kappa shape index (κ1) is 11.1. The fourth-order valence-electron chi connectivity index (χ4n) is 1.85. The topological polar surface area (TPSA) is 54.0 Å². The molecule has 1 atom stereocenters. The zero-order chi connectivity index (χ0) is 11.4. The van der Waals surface area contributed by atoms with E-state index in [4.69, 9.17) is 0 Å². The van der Waals surface area contributed by atoms with Crippen molar-refractivity contribution in [2.24, 2.45) is 0 Å². The quantitative estimate of drug-likeness (QED) is 0.776. The third kappa shape index (κ3) is 2.79. The number of aromatic nitrogens is 1. The molecule has 0 spiro atoms. The van der Waals surface area contributed by atoms with Gasteiger partial charge in [-0.2, -0.15) is 0 Å². The predicted molar refractivity (Wildman–Crippen MR) is 62.3 cm³/mol. The molecule has 0 bridgehead atoms. The van der Waals surface area contributed by atoms with E-state index in [9.17, 15) is 4.79 Å². The largest absolute Gasteiger partial charge is 0.348 e. The number of piperidine rings is 1. The summed E-state index contributed by atoms with van der Waals surface area (Å²) >= 11 is 0. The van der Waals surface area contributed by atoms with Crippen molar-refractivity contribution in [1.29, 1.82) is 0 Å². The second kappa shape index (κ2) is 5.07. The monoisotopic (exact) mass is 219 g/mol. The van der Waals surface area contributed by atoms with Crippen molar-refractivity contribution < 1.29 is 4.79 Å². The predicted octanol–water partition coefficient (Wildman–Crippen LogP) is 0.872. The van der Waals surface area contributed by atoms with Crippen LogP contribution >= 0.6 is 0 Å². The number of rotatable bonds is 2. The van der Waals surface area contributed by atoms with E-state index in [1.165, 1.54) is 0 Å². The maximum atomic E-state index is 11.8. The molecule has 0 saturated carbocycles. The molecule has 1 aliphatic rings. The van der Waals surface area contributed by atoms with Gasteiger partial charge in [0.1, 0.15) is 0 Å². The van der Waals surface area contributed by atoms with Crippen LogP contribution in [-0.4, -0.2) is 30.0 Å². The fourth-order valence-corrected chi connectivity index (χ4v) is 1.85. The number of nitrogens with zero attached hydrogens (tertiary/aromatic N) is 1. The molecule has 2 heterocycles. The number of hydrogen-bond acceptors (Lipinski definition) is 3. The van der Waals surface area contributed by atoms with E-state index < -0.39 is 0 Å². The molecule has 0 radical (unpaired) electrons. The molecule has 2 rings (SSSR count). The number of nitrogens with one attached hydrogen (secondary N) is 2. The van der Waals surface area contributed by atoms with Crippen molar-refractivity contribution >= 4 is 5.91 Å². The Morgan fingerprint density at radius 2 is 2.44 bits per heavy atom. The molecule has 16 heavy (non-hydrogen) atoms. The summed E-state index contributed by atoms with van der Waals surface area (Å²) in [6, 6.07) is 3.92. The van der Waals surface area contributed by atoms with E-state index >= 15 is 0 Å². The molecule has 1 amide bonds. The SMILES string of the molecule is Cc1ccc(C(=O)N[C@@H]2CCCNC2)cn1. The van der Waals surface area contributed by atoms with Gasteiger partial charge >= 0.3 is 0 Å². The Labute approximate surface area is 95.5 Å². The van der Waals surface area contributed by atoms with Crippen LogP contribution in [0, 0.1) is 6.92 Å². The van der Waals surface area contributed by atoms with E-state index in [2.05, 4.69) is 15.6 Å². The molecule has 1 aromatic heterocycles. The van der Waals surface area contributed by atoms with E-state index in [1.807, 2.05) is 19.1 Å². The van der Waals surface area contributed by atoms with Crippen LogP contribution in [0.3, 0.4) is 0 Å². The highest BCUT2D eigenvalue weighted by Crippen LogP contribution is 2.04. The lowest BCUT2D eigenvalue weighted by Gasteiger charge is -2.23. The molecule has 2 N–H and O–H groups in total. The second-order valence-electron chi connectivity index (χ2n) is 4.20. The first-order valence-corrected chi connectivity index (χ1v) is 5.70. The normalized spacial score (nSPS) is 20.4. The maximum Gasteiger partial charge on any atom is 0.253 e. The third-order valence-corrected chi connectivity index (χ3v) is 2.81. The summed E-state index contributed by atoms with van der Waals surface area (Å²) in [6.07, 6.45) is 3.80. The number of amides is 1. The maximum absolute atomic E-state index is 11.8. The summed E-state index contributed by atoms with van der Waals surface area (Å²) < 4.78 is 0. The van der Waals surface area contributed by atoms with Crippen LogP contribution in [0.5, 0.6) is 0 Å². The number of carbonyl (C=O) groups excluding carboxylic acids is 1. The van der Waals surface area contributed by atoms with Crippen LogP contribution in [0.4, 0.5) is 0 Å². The average Bonchev–Trinajstić information content (AvgIpc) is 2.31. The molecular weight excluding hydrogens is 202 g/mol. The van der Waals surface area contributed by atoms with Gasteiger partial charge in [-0.25, -0.2) is 0 Å². The number of pyridine rings is 1. The van der Waals surface area contributed by atoms with Crippen molar-refractivity contribution in [2.75, 3.05) is 13.1 Å². The van der Waals surface area contributed by atoms with Crippen molar-refractivity contribution in [3.63, 3.8) is 0 Å². The fraction of sp³-hybridized carbons (Fsp3) is 0.500. The van der Waals surface area contributed by atoms with Gasteiger partial charge in [0.15, 0.2) is 0 Å². The Bertz CT molecular complexity index is 355. The highest BCUT2D eigenvalue weighted by atomic mass is 16.1. The summed E-state index contributed by atoms with van der Waals surface area (Å²) in [5.41, 5.74) is 1.56. The van der Waals surface area contributed by atoms with Gasteiger partial charge in [0.05, 0.1) is 5.56 Å². The average molecular weight is 219 g/mol. The Morgan fingerprint density at radius 1 is 1.56 bits per heavy atom. The lowest BCUT2D eigenvalue weighted by molar-refractivity contribution is 0.0930. The van der Waals surface area contributed by atoms with Gasteiger partial charge < -0.3 is 10.6 Å². The summed E-state index contributed by atoms with van der Waals surface area (Å²) in [5, 5.41) is 6.28. The Kier molecular flexibility index (Phi) is 3.51. The van der Waals surface area contributed by atoms with E-state index in [-0.39, 0.29) is 11.9 Å². The van der Waals surface area contributed by atoms with Crippen LogP contribution in [0.1, 0.15) is 28.9 Å². The molecule has 0 aliphatic carbocycles. The van der Waals surface area contributed by atoms with Gasteiger partial charge in [-0.1, -0.05) is 0 Å². The lowest BCUT2D eigenvalue weighted by Crippen LogP contribution is -2.45. The van der Waals surface area contributed by atoms with E-state index in [0.717, 1.165) is 31.6 Å². The van der Waals surface area contributed by atoms with Gasteiger partial charge in [-0.05, 0) is 38.4 Å². The van der Waals surface area contributed by atoms with Gasteiger partial charge in [0.25, 0.3) is 5.91 Å². The minimum atomic E-state index is -0.0267. The summed E-state index contributed by atoms with van der Waals surface area (Å²) in [4.78, 5) is 16.0. The Hall–Kier alpha value is -1.42. The van der Waals surface area contributed by atoms with Gasteiger partial charge in [-0.15, -0.1) is 0 Å². The molecule has 1 fully saturated rings. The van der Waals surface area contributed by atoms with Crippen molar-refractivity contribution in [2.45, 2.75) is 25.8 Å². The molecule has 0 aromatic carbocycles. The van der Waals surface area contributed by atoms with Gasteiger partial charge in [0, 0.05) is 24.5 Å². The number of aryl methyl sites for hydroxylation is 1. The van der Waals surface area contributed by atoms with Crippen LogP contribution in [0.2, 0.25) is 0 Å². The second-order valence-corrected chi connectivity index (χ2v) is 4.20. The molecule has 1 aliphatic heterocycles. The van der Waals surface area contributed by atoms with Crippen molar-refractivity contribution in [3.05, 3.63) is 29.6 Å². The number of carbonyl (C=O) groups is 1. The van der Waals surface area contributed by atoms with Gasteiger partial charge in [-0.3, -0.25) is 9.78 Å². The number of hydrogen-bond donors (Lipinski definition) is 2. The van der Waals surface area contributed by atoms with Crippen LogP contribution in [0.15, 0.2) is 18.3 Å². The zero-order valence-electron chi connectivity index (χ0n) is 9.49. The lowest BCUT2D eigenvalue weighted by atomic mass is 10.1. The third-order valence-electron chi connectivity index (χ3n) is 2.81. The minimum absolute atomic E-state index is 0.0267. The smallest absolute Gasteiger partial charge is 0.253 e. The first-order valence-electron chi connectivity index (χ1n) is 5.70. The standard InChI is InChI=1S/C12H17N3O/c1-9-4-5-10(7-14-9)12(16)15-11-3-2-6-13-8-11/h4-5,7,11,13H,2-3,6,8H2,1H3,(H,15,16)/t11-/m1/s1. The molecule has 4 heteroatoms. The highest BCUT2D eigenvalue weighted by Gasteiger charge is 2.16. The van der Waals surface area contributed by atoms with Crippen LogP contribution < -0.4 is 10.6 Å². The summed E-state index contributed by atoms with van der Waals surface area (Å²) in [6.45, 7) is 3.83.